The van der Waals surface area contributed by atoms with E-state index < -0.39 is 11.9 Å². The van der Waals surface area contributed by atoms with Crippen LogP contribution in [0.15, 0.2) is 54.6 Å². The van der Waals surface area contributed by atoms with Crippen molar-refractivity contribution in [3.05, 3.63) is 60.2 Å². The molecule has 0 aromatic heterocycles. The van der Waals surface area contributed by atoms with Gasteiger partial charge in [0.05, 0.1) is 6.61 Å². The van der Waals surface area contributed by atoms with E-state index in [9.17, 15) is 0 Å². The summed E-state index contributed by atoms with van der Waals surface area (Å²) >= 11 is 0. The maximum absolute atomic E-state index is 9.10. The smallest absolute Gasteiger partial charge is 0.414 e. The van der Waals surface area contributed by atoms with Crippen LogP contribution >= 0.6 is 0 Å². The maximum Gasteiger partial charge on any atom is 0.414 e. The third-order valence-electron chi connectivity index (χ3n) is 4.34. The van der Waals surface area contributed by atoms with Gasteiger partial charge in [-0.3, -0.25) is 4.90 Å². The van der Waals surface area contributed by atoms with E-state index in [1.807, 2.05) is 13.0 Å². The molecule has 150 valence electrons. The van der Waals surface area contributed by atoms with Crippen molar-refractivity contribution in [1.82, 2.24) is 4.90 Å². The number of aliphatic carboxylic acids is 2. The topological polar surface area (TPSA) is 90.3 Å². The van der Waals surface area contributed by atoms with Crippen molar-refractivity contribution in [2.75, 3.05) is 37.7 Å². The summed E-state index contributed by atoms with van der Waals surface area (Å²) in [6.45, 7) is 8.08. The van der Waals surface area contributed by atoms with Crippen LogP contribution in [0.5, 0.6) is 5.75 Å². The highest BCUT2D eigenvalue weighted by Gasteiger charge is 2.18. The molecule has 1 fully saturated rings. The summed E-state index contributed by atoms with van der Waals surface area (Å²) < 4.78 is 5.73. The van der Waals surface area contributed by atoms with E-state index in [1.165, 1.54) is 11.3 Å². The molecule has 1 aliphatic heterocycles. The third kappa shape index (κ3) is 6.59. The van der Waals surface area contributed by atoms with Crippen LogP contribution < -0.4 is 9.64 Å². The molecule has 0 unspecified atom stereocenters. The first-order chi connectivity index (χ1) is 13.5. The highest BCUT2D eigenvalue weighted by molar-refractivity contribution is 6.27. The van der Waals surface area contributed by atoms with Crippen LogP contribution in [0.2, 0.25) is 0 Å². The standard InChI is InChI=1S/C19H24N2O.C2H2O4/c1-2-22-19-11-7-6-8-17(19)16-20-12-14-21(15-13-20)18-9-4-3-5-10-18;3-1(4)2(5)6/h3-11H,2,12-16H2,1H3;(H,3,4)(H,5,6). The molecular weight excluding hydrogens is 360 g/mol. The van der Waals surface area contributed by atoms with E-state index in [2.05, 4.69) is 58.3 Å². The number of benzene rings is 2. The average Bonchev–Trinajstić information content (AvgIpc) is 2.71. The zero-order valence-corrected chi connectivity index (χ0v) is 16.0. The summed E-state index contributed by atoms with van der Waals surface area (Å²) in [5.41, 5.74) is 2.62. The van der Waals surface area contributed by atoms with Crippen molar-refractivity contribution in [1.29, 1.82) is 0 Å². The van der Waals surface area contributed by atoms with Crippen LogP contribution in [0.1, 0.15) is 12.5 Å². The number of piperazine rings is 1. The lowest BCUT2D eigenvalue weighted by atomic mass is 10.1. The Morgan fingerprint density at radius 2 is 1.46 bits per heavy atom. The van der Waals surface area contributed by atoms with E-state index >= 15 is 0 Å². The first kappa shape index (κ1) is 21.2. The van der Waals surface area contributed by atoms with Crippen LogP contribution in [0.4, 0.5) is 5.69 Å². The zero-order chi connectivity index (χ0) is 20.4. The molecule has 7 heteroatoms. The first-order valence-electron chi connectivity index (χ1n) is 9.20. The predicted octanol–water partition coefficient (Wildman–Crippen LogP) is 2.56. The molecule has 0 bridgehead atoms. The SMILES string of the molecule is CCOc1ccccc1CN1CCN(c2ccccc2)CC1.O=C(O)C(=O)O. The zero-order valence-electron chi connectivity index (χ0n) is 16.0. The second kappa shape index (κ2) is 10.9. The molecule has 2 aromatic rings. The molecule has 3 rings (SSSR count). The second-order valence-electron chi connectivity index (χ2n) is 6.25. The van der Waals surface area contributed by atoms with E-state index in [0.717, 1.165) is 45.1 Å². The third-order valence-corrected chi connectivity index (χ3v) is 4.34. The molecule has 2 aromatic carbocycles. The quantitative estimate of drug-likeness (QED) is 0.763. The molecule has 7 nitrogen and oxygen atoms in total. The molecule has 0 atom stereocenters. The molecule has 1 aliphatic rings. The highest BCUT2D eigenvalue weighted by Crippen LogP contribution is 2.21. The molecule has 2 N–H and O–H groups in total. The van der Waals surface area contributed by atoms with E-state index in [-0.39, 0.29) is 0 Å². The fourth-order valence-corrected chi connectivity index (χ4v) is 2.97. The molecular formula is C21H26N2O5. The Morgan fingerprint density at radius 1 is 0.893 bits per heavy atom. The highest BCUT2D eigenvalue weighted by atomic mass is 16.5. The fraction of sp³-hybridized carbons (Fsp3) is 0.333. The molecule has 0 spiro atoms. The second-order valence-corrected chi connectivity index (χ2v) is 6.25. The van der Waals surface area contributed by atoms with Gasteiger partial charge in [0.2, 0.25) is 0 Å². The van der Waals surface area contributed by atoms with Crippen LogP contribution in [0.25, 0.3) is 0 Å². The number of carboxylic acids is 2. The summed E-state index contributed by atoms with van der Waals surface area (Å²) in [6, 6.07) is 19.1. The molecule has 1 saturated heterocycles. The van der Waals surface area contributed by atoms with Gasteiger partial charge in [0.15, 0.2) is 0 Å². The molecule has 1 heterocycles. The van der Waals surface area contributed by atoms with Gasteiger partial charge in [-0.25, -0.2) is 9.59 Å². The Kier molecular flexibility index (Phi) is 8.30. The van der Waals surface area contributed by atoms with Gasteiger partial charge >= 0.3 is 11.9 Å². The fourth-order valence-electron chi connectivity index (χ4n) is 2.97. The lowest BCUT2D eigenvalue weighted by Gasteiger charge is -2.36. The van der Waals surface area contributed by atoms with Crippen molar-refractivity contribution >= 4 is 17.6 Å². The van der Waals surface area contributed by atoms with Crippen molar-refractivity contribution in [2.45, 2.75) is 13.5 Å². The molecule has 28 heavy (non-hydrogen) atoms. The summed E-state index contributed by atoms with van der Waals surface area (Å²) in [7, 11) is 0. The van der Waals surface area contributed by atoms with Crippen LogP contribution in [0, 0.1) is 0 Å². The van der Waals surface area contributed by atoms with E-state index in [0.29, 0.717) is 0 Å². The van der Waals surface area contributed by atoms with Crippen LogP contribution in [-0.4, -0.2) is 59.8 Å². The van der Waals surface area contributed by atoms with Gasteiger partial charge in [0.25, 0.3) is 0 Å². The number of anilines is 1. The number of para-hydroxylation sites is 2. The summed E-state index contributed by atoms with van der Waals surface area (Å²) in [4.78, 5) is 23.2. The molecule has 0 amide bonds. The van der Waals surface area contributed by atoms with Crippen molar-refractivity contribution in [3.8, 4) is 5.75 Å². The monoisotopic (exact) mass is 386 g/mol. The van der Waals surface area contributed by atoms with Gasteiger partial charge in [-0.1, -0.05) is 36.4 Å². The van der Waals surface area contributed by atoms with Crippen molar-refractivity contribution in [3.63, 3.8) is 0 Å². The first-order valence-corrected chi connectivity index (χ1v) is 9.20. The minimum Gasteiger partial charge on any atom is -0.494 e. The Hall–Kier alpha value is -3.06. The Morgan fingerprint density at radius 3 is 2.04 bits per heavy atom. The average molecular weight is 386 g/mol. The number of hydrogen-bond donors (Lipinski definition) is 2. The minimum absolute atomic E-state index is 0.721. The van der Waals surface area contributed by atoms with Gasteiger partial charge in [0.1, 0.15) is 5.75 Å². The number of carboxylic acid groups (broad SMARTS) is 2. The van der Waals surface area contributed by atoms with Crippen molar-refractivity contribution in [2.24, 2.45) is 0 Å². The normalized spacial score (nSPS) is 14.0. The maximum atomic E-state index is 9.10. The number of rotatable bonds is 5. The Bertz CT molecular complexity index is 746. The predicted molar refractivity (Wildman–Crippen MR) is 107 cm³/mol. The number of hydrogen-bond acceptors (Lipinski definition) is 5. The van der Waals surface area contributed by atoms with Gasteiger partial charge in [-0.2, -0.15) is 0 Å². The molecule has 0 aliphatic carbocycles. The lowest BCUT2D eigenvalue weighted by molar-refractivity contribution is -0.159. The van der Waals surface area contributed by atoms with Crippen LogP contribution in [0.3, 0.4) is 0 Å². The summed E-state index contributed by atoms with van der Waals surface area (Å²) in [5, 5.41) is 14.8. The molecule has 0 saturated carbocycles. The van der Waals surface area contributed by atoms with Gasteiger partial charge in [-0.15, -0.1) is 0 Å². The van der Waals surface area contributed by atoms with Gasteiger partial charge in [0, 0.05) is 44.0 Å². The van der Waals surface area contributed by atoms with E-state index in [1.54, 1.807) is 0 Å². The van der Waals surface area contributed by atoms with E-state index in [4.69, 9.17) is 24.5 Å². The number of carbonyl (C=O) groups is 2. The van der Waals surface area contributed by atoms with Crippen molar-refractivity contribution < 1.29 is 24.5 Å². The van der Waals surface area contributed by atoms with Crippen LogP contribution in [-0.2, 0) is 16.1 Å². The molecule has 0 radical (unpaired) electrons. The number of nitrogens with zero attached hydrogens (tertiary/aromatic N) is 2. The minimum atomic E-state index is -1.82. The summed E-state index contributed by atoms with van der Waals surface area (Å²) in [6.07, 6.45) is 0. The number of ether oxygens (including phenoxy) is 1. The van der Waals surface area contributed by atoms with Gasteiger partial charge in [-0.05, 0) is 25.1 Å². The Balaban J connectivity index is 0.000000409. The lowest BCUT2D eigenvalue weighted by Crippen LogP contribution is -2.46. The summed E-state index contributed by atoms with van der Waals surface area (Å²) in [5.74, 6) is -2.62. The largest absolute Gasteiger partial charge is 0.494 e. The Labute approximate surface area is 164 Å². The van der Waals surface area contributed by atoms with Gasteiger partial charge < -0.3 is 19.8 Å².